The van der Waals surface area contributed by atoms with Crippen LogP contribution in [0.2, 0.25) is 0 Å². The Labute approximate surface area is 133 Å². The lowest BCUT2D eigenvalue weighted by Gasteiger charge is -2.23. The minimum atomic E-state index is 0.164. The average Bonchev–Trinajstić information content (AvgIpc) is 3.14. The van der Waals surface area contributed by atoms with Crippen molar-refractivity contribution >= 4 is 17.3 Å². The highest BCUT2D eigenvalue weighted by atomic mass is 16.1. The zero-order chi connectivity index (χ0) is 15.7. The molecular formula is C19H26N2O. The second kappa shape index (κ2) is 6.15. The van der Waals surface area contributed by atoms with E-state index in [0.717, 1.165) is 37.2 Å². The van der Waals surface area contributed by atoms with Gasteiger partial charge in [0.25, 0.3) is 0 Å². The molecule has 1 aromatic carbocycles. The zero-order valence-corrected chi connectivity index (χ0v) is 13.8. The number of amides is 1. The standard InChI is InChI=1S/C19H26N2O/c1-4-21(5-2)16-8-9-18(13(3)10-16)20-19(22)17-12-14-6-7-15(17)11-14/h6-10,14-15,17H,4-5,11-12H2,1-3H3,(H,20,22). The maximum Gasteiger partial charge on any atom is 0.228 e. The summed E-state index contributed by atoms with van der Waals surface area (Å²) in [5, 5.41) is 3.15. The number of nitrogens with one attached hydrogen (secondary N) is 1. The van der Waals surface area contributed by atoms with Gasteiger partial charge < -0.3 is 10.2 Å². The van der Waals surface area contributed by atoms with Gasteiger partial charge in [-0.15, -0.1) is 0 Å². The van der Waals surface area contributed by atoms with Gasteiger partial charge in [-0.2, -0.15) is 0 Å². The predicted molar refractivity (Wildman–Crippen MR) is 92.2 cm³/mol. The highest BCUT2D eigenvalue weighted by molar-refractivity contribution is 5.94. The number of allylic oxidation sites excluding steroid dienone is 2. The second-order valence-electron chi connectivity index (χ2n) is 6.55. The van der Waals surface area contributed by atoms with Crippen LogP contribution < -0.4 is 10.2 Å². The summed E-state index contributed by atoms with van der Waals surface area (Å²) in [7, 11) is 0. The minimum Gasteiger partial charge on any atom is -0.372 e. The lowest BCUT2D eigenvalue weighted by Crippen LogP contribution is -2.26. The van der Waals surface area contributed by atoms with Gasteiger partial charge in [-0.25, -0.2) is 0 Å². The molecule has 2 bridgehead atoms. The van der Waals surface area contributed by atoms with Crippen LogP contribution in [0, 0.1) is 24.7 Å². The molecule has 1 aromatic rings. The van der Waals surface area contributed by atoms with Crippen LogP contribution in [0.15, 0.2) is 30.4 Å². The smallest absolute Gasteiger partial charge is 0.228 e. The van der Waals surface area contributed by atoms with Gasteiger partial charge in [-0.3, -0.25) is 4.79 Å². The molecule has 118 valence electrons. The van der Waals surface area contributed by atoms with Crippen molar-refractivity contribution in [3.63, 3.8) is 0 Å². The maximum atomic E-state index is 12.5. The van der Waals surface area contributed by atoms with E-state index in [1.165, 1.54) is 5.69 Å². The normalized spacial score (nSPS) is 25.5. The third-order valence-electron chi connectivity index (χ3n) is 5.21. The monoisotopic (exact) mass is 298 g/mol. The van der Waals surface area contributed by atoms with E-state index in [9.17, 15) is 4.79 Å². The molecule has 3 heteroatoms. The largest absolute Gasteiger partial charge is 0.372 e. The Kier molecular flexibility index (Phi) is 4.23. The SMILES string of the molecule is CCN(CC)c1ccc(NC(=O)C2CC3C=CC2C3)c(C)c1. The third kappa shape index (κ3) is 2.77. The van der Waals surface area contributed by atoms with E-state index in [0.29, 0.717) is 11.8 Å². The van der Waals surface area contributed by atoms with Gasteiger partial charge in [0.2, 0.25) is 5.91 Å². The number of benzene rings is 1. The van der Waals surface area contributed by atoms with Crippen LogP contribution in [0.5, 0.6) is 0 Å². The van der Waals surface area contributed by atoms with Gasteiger partial charge in [0.15, 0.2) is 0 Å². The van der Waals surface area contributed by atoms with Crippen LogP contribution in [-0.4, -0.2) is 19.0 Å². The second-order valence-corrected chi connectivity index (χ2v) is 6.55. The number of nitrogens with zero attached hydrogens (tertiary/aromatic N) is 1. The van der Waals surface area contributed by atoms with E-state index in [1.807, 2.05) is 6.07 Å². The molecule has 0 radical (unpaired) electrons. The van der Waals surface area contributed by atoms with Gasteiger partial charge in [0.05, 0.1) is 0 Å². The van der Waals surface area contributed by atoms with Crippen molar-refractivity contribution < 1.29 is 4.79 Å². The molecule has 22 heavy (non-hydrogen) atoms. The number of carbonyl (C=O) groups excluding carboxylic acids is 1. The average molecular weight is 298 g/mol. The summed E-state index contributed by atoms with van der Waals surface area (Å²) >= 11 is 0. The van der Waals surface area contributed by atoms with Crippen LogP contribution in [0.1, 0.15) is 32.3 Å². The topological polar surface area (TPSA) is 32.3 Å². The Morgan fingerprint density at radius 2 is 2.00 bits per heavy atom. The molecule has 3 nitrogen and oxygen atoms in total. The molecule has 0 heterocycles. The van der Waals surface area contributed by atoms with Crippen LogP contribution in [0.25, 0.3) is 0 Å². The minimum absolute atomic E-state index is 0.164. The molecule has 3 rings (SSSR count). The van der Waals surface area contributed by atoms with Crippen LogP contribution >= 0.6 is 0 Å². The molecular weight excluding hydrogens is 272 g/mol. The fourth-order valence-corrected chi connectivity index (χ4v) is 3.88. The molecule has 1 saturated carbocycles. The number of carbonyl (C=O) groups is 1. The van der Waals surface area contributed by atoms with Crippen molar-refractivity contribution in [1.29, 1.82) is 0 Å². The summed E-state index contributed by atoms with van der Waals surface area (Å²) in [6, 6.07) is 6.32. The van der Waals surface area contributed by atoms with Gasteiger partial charge in [0, 0.05) is 30.4 Å². The van der Waals surface area contributed by atoms with Crippen LogP contribution in [0.3, 0.4) is 0 Å². The summed E-state index contributed by atoms with van der Waals surface area (Å²) < 4.78 is 0. The Bertz CT molecular complexity index is 589. The number of hydrogen-bond donors (Lipinski definition) is 1. The number of rotatable bonds is 5. The van der Waals surface area contributed by atoms with Gasteiger partial charge >= 0.3 is 0 Å². The lowest BCUT2D eigenvalue weighted by atomic mass is 9.92. The molecule has 0 spiro atoms. The molecule has 2 aliphatic rings. The van der Waals surface area contributed by atoms with Gasteiger partial charge in [0.1, 0.15) is 0 Å². The van der Waals surface area contributed by atoms with Crippen molar-refractivity contribution in [3.05, 3.63) is 35.9 Å². The van der Waals surface area contributed by atoms with E-state index in [2.05, 4.69) is 55.3 Å². The predicted octanol–water partition coefficient (Wildman–Crippen LogP) is 3.99. The first-order valence-electron chi connectivity index (χ1n) is 8.47. The summed E-state index contributed by atoms with van der Waals surface area (Å²) in [6.07, 6.45) is 6.69. The molecule has 1 amide bonds. The fraction of sp³-hybridized carbons (Fsp3) is 0.526. The Hall–Kier alpha value is -1.77. The molecule has 0 aromatic heterocycles. The van der Waals surface area contributed by atoms with Gasteiger partial charge in [-0.1, -0.05) is 12.2 Å². The summed E-state index contributed by atoms with van der Waals surface area (Å²) in [5.74, 6) is 1.44. The molecule has 2 aliphatic carbocycles. The molecule has 3 atom stereocenters. The fourth-order valence-electron chi connectivity index (χ4n) is 3.88. The van der Waals surface area contributed by atoms with E-state index < -0.39 is 0 Å². The first-order chi connectivity index (χ1) is 10.6. The Balaban J connectivity index is 1.70. The van der Waals surface area contributed by atoms with Crippen molar-refractivity contribution in [1.82, 2.24) is 0 Å². The number of aryl methyl sites for hydroxylation is 1. The molecule has 0 saturated heterocycles. The van der Waals surface area contributed by atoms with E-state index in [1.54, 1.807) is 0 Å². The third-order valence-corrected chi connectivity index (χ3v) is 5.21. The van der Waals surface area contributed by atoms with E-state index >= 15 is 0 Å². The number of anilines is 2. The summed E-state index contributed by atoms with van der Waals surface area (Å²) in [5.41, 5.74) is 3.31. The molecule has 3 unspecified atom stereocenters. The van der Waals surface area contributed by atoms with Crippen LogP contribution in [0.4, 0.5) is 11.4 Å². The highest BCUT2D eigenvalue weighted by Gasteiger charge is 2.39. The zero-order valence-electron chi connectivity index (χ0n) is 13.8. The van der Waals surface area contributed by atoms with Crippen LogP contribution in [-0.2, 0) is 4.79 Å². The molecule has 1 fully saturated rings. The Morgan fingerprint density at radius 1 is 1.23 bits per heavy atom. The maximum absolute atomic E-state index is 12.5. The van der Waals surface area contributed by atoms with E-state index in [-0.39, 0.29) is 11.8 Å². The Morgan fingerprint density at radius 3 is 2.55 bits per heavy atom. The van der Waals surface area contributed by atoms with Gasteiger partial charge in [-0.05, 0) is 69.2 Å². The van der Waals surface area contributed by atoms with Crippen molar-refractivity contribution in [2.45, 2.75) is 33.6 Å². The highest BCUT2D eigenvalue weighted by Crippen LogP contribution is 2.43. The quantitative estimate of drug-likeness (QED) is 0.834. The molecule has 0 aliphatic heterocycles. The first kappa shape index (κ1) is 15.1. The molecule has 1 N–H and O–H groups in total. The lowest BCUT2D eigenvalue weighted by molar-refractivity contribution is -0.120. The number of fused-ring (bicyclic) bond motifs is 2. The van der Waals surface area contributed by atoms with E-state index in [4.69, 9.17) is 0 Å². The summed E-state index contributed by atoms with van der Waals surface area (Å²) in [6.45, 7) is 8.40. The van der Waals surface area contributed by atoms with Crippen molar-refractivity contribution in [2.75, 3.05) is 23.3 Å². The number of hydrogen-bond acceptors (Lipinski definition) is 2. The first-order valence-corrected chi connectivity index (χ1v) is 8.47. The summed E-state index contributed by atoms with van der Waals surface area (Å²) in [4.78, 5) is 14.9. The van der Waals surface area contributed by atoms with Crippen molar-refractivity contribution in [3.8, 4) is 0 Å². The van der Waals surface area contributed by atoms with Crippen molar-refractivity contribution in [2.24, 2.45) is 17.8 Å².